The van der Waals surface area contributed by atoms with Crippen LogP contribution < -0.4 is 5.32 Å². The molecular formula is C21H16N6O. The number of aromatic nitrogens is 5. The molecule has 136 valence electrons. The van der Waals surface area contributed by atoms with Gasteiger partial charge in [0.2, 0.25) is 5.95 Å². The summed E-state index contributed by atoms with van der Waals surface area (Å²) in [6.45, 7) is 0.589. The molecule has 0 aliphatic heterocycles. The van der Waals surface area contributed by atoms with Crippen LogP contribution in [0.3, 0.4) is 0 Å². The fraction of sp³-hybridized carbons (Fsp3) is 0.0476. The molecule has 0 radical (unpaired) electrons. The fourth-order valence-electron chi connectivity index (χ4n) is 3.16. The van der Waals surface area contributed by atoms with E-state index >= 15 is 0 Å². The van der Waals surface area contributed by atoms with E-state index in [2.05, 4.69) is 25.6 Å². The number of amides is 1. The van der Waals surface area contributed by atoms with E-state index in [-0.39, 0.29) is 5.91 Å². The first-order valence-electron chi connectivity index (χ1n) is 8.89. The van der Waals surface area contributed by atoms with Crippen molar-refractivity contribution in [1.82, 2.24) is 25.0 Å². The van der Waals surface area contributed by atoms with Gasteiger partial charge in [-0.3, -0.25) is 10.1 Å². The molecule has 2 N–H and O–H groups in total. The van der Waals surface area contributed by atoms with Crippen molar-refractivity contribution in [2.75, 3.05) is 5.32 Å². The number of imidazole rings is 1. The highest BCUT2D eigenvalue weighted by Gasteiger charge is 2.10. The van der Waals surface area contributed by atoms with E-state index in [9.17, 15) is 4.79 Å². The minimum Gasteiger partial charge on any atom is -0.324 e. The van der Waals surface area contributed by atoms with Gasteiger partial charge < -0.3 is 4.98 Å². The second-order valence-corrected chi connectivity index (χ2v) is 6.49. The van der Waals surface area contributed by atoms with E-state index < -0.39 is 0 Å². The molecule has 0 fully saturated rings. The second-order valence-electron chi connectivity index (χ2n) is 6.49. The molecule has 2 heterocycles. The SMILES string of the molecule is O=C(Nc1nc2ccccc2[nH]1)c1ccc(Cn2nnc3ccccc32)cc1. The standard InChI is InChI=1S/C21H16N6O/c28-20(24-21-22-16-5-1-2-6-17(16)23-21)15-11-9-14(10-12-15)13-27-19-8-4-3-7-18(19)25-26-27/h1-12H,13H2,(H2,22,23,24,28). The Balaban J connectivity index is 1.32. The molecule has 0 spiro atoms. The predicted octanol–water partition coefficient (Wildman–Crippen LogP) is 3.61. The Kier molecular flexibility index (Phi) is 3.83. The Bertz CT molecular complexity index is 1250. The smallest absolute Gasteiger partial charge is 0.257 e. The van der Waals surface area contributed by atoms with Crippen molar-refractivity contribution >= 4 is 33.9 Å². The molecule has 1 amide bonds. The number of carbonyl (C=O) groups is 1. The van der Waals surface area contributed by atoms with Crippen LogP contribution in [0.5, 0.6) is 0 Å². The lowest BCUT2D eigenvalue weighted by Crippen LogP contribution is -2.13. The third-order valence-electron chi connectivity index (χ3n) is 4.59. The van der Waals surface area contributed by atoms with Crippen molar-refractivity contribution in [3.63, 3.8) is 0 Å². The monoisotopic (exact) mass is 368 g/mol. The summed E-state index contributed by atoms with van der Waals surface area (Å²) in [7, 11) is 0. The van der Waals surface area contributed by atoms with Crippen molar-refractivity contribution in [1.29, 1.82) is 0 Å². The molecule has 0 bridgehead atoms. The molecule has 7 nitrogen and oxygen atoms in total. The van der Waals surface area contributed by atoms with E-state index in [0.717, 1.165) is 27.6 Å². The number of carbonyl (C=O) groups excluding carboxylic acids is 1. The number of hydrogen-bond acceptors (Lipinski definition) is 4. The van der Waals surface area contributed by atoms with Crippen LogP contribution in [0, 0.1) is 0 Å². The molecule has 2 aromatic heterocycles. The first kappa shape index (κ1) is 16.2. The molecule has 0 saturated heterocycles. The summed E-state index contributed by atoms with van der Waals surface area (Å²) < 4.78 is 1.85. The maximum atomic E-state index is 12.5. The zero-order chi connectivity index (χ0) is 18.9. The van der Waals surface area contributed by atoms with Gasteiger partial charge in [0.05, 0.1) is 23.1 Å². The summed E-state index contributed by atoms with van der Waals surface area (Å²) in [6.07, 6.45) is 0. The second kappa shape index (κ2) is 6.62. The molecule has 0 aliphatic rings. The van der Waals surface area contributed by atoms with Crippen LogP contribution in [0.4, 0.5) is 5.95 Å². The number of H-pyrrole nitrogens is 1. The van der Waals surface area contributed by atoms with Gasteiger partial charge in [0.25, 0.3) is 5.91 Å². The van der Waals surface area contributed by atoms with E-state index in [1.165, 1.54) is 0 Å². The Morgan fingerprint density at radius 1 is 0.929 bits per heavy atom. The molecule has 7 heteroatoms. The molecule has 0 atom stereocenters. The fourth-order valence-corrected chi connectivity index (χ4v) is 3.16. The third-order valence-corrected chi connectivity index (χ3v) is 4.59. The highest BCUT2D eigenvalue weighted by molar-refractivity contribution is 6.04. The minimum absolute atomic E-state index is 0.211. The predicted molar refractivity (Wildman–Crippen MR) is 107 cm³/mol. The molecule has 0 aliphatic carbocycles. The lowest BCUT2D eigenvalue weighted by molar-refractivity contribution is 0.102. The summed E-state index contributed by atoms with van der Waals surface area (Å²) in [6, 6.07) is 22.9. The van der Waals surface area contributed by atoms with Gasteiger partial charge in [0, 0.05) is 5.56 Å². The largest absolute Gasteiger partial charge is 0.324 e. The number of anilines is 1. The molecule has 5 aromatic rings. The molecule has 3 aromatic carbocycles. The summed E-state index contributed by atoms with van der Waals surface area (Å²) in [5, 5.41) is 11.2. The summed E-state index contributed by atoms with van der Waals surface area (Å²) in [4.78, 5) is 20.0. The van der Waals surface area contributed by atoms with Crippen LogP contribution in [-0.4, -0.2) is 30.9 Å². The Morgan fingerprint density at radius 3 is 2.50 bits per heavy atom. The van der Waals surface area contributed by atoms with Crippen molar-refractivity contribution in [2.24, 2.45) is 0 Å². The van der Waals surface area contributed by atoms with Crippen LogP contribution in [0.1, 0.15) is 15.9 Å². The molecule has 28 heavy (non-hydrogen) atoms. The highest BCUT2D eigenvalue weighted by atomic mass is 16.1. The number of aromatic amines is 1. The van der Waals surface area contributed by atoms with Crippen LogP contribution >= 0.6 is 0 Å². The van der Waals surface area contributed by atoms with Crippen LogP contribution in [0.25, 0.3) is 22.1 Å². The van der Waals surface area contributed by atoms with Crippen molar-refractivity contribution in [3.05, 3.63) is 83.9 Å². The van der Waals surface area contributed by atoms with E-state index in [4.69, 9.17) is 0 Å². The van der Waals surface area contributed by atoms with E-state index in [0.29, 0.717) is 18.1 Å². The average Bonchev–Trinajstić information content (AvgIpc) is 3.32. The zero-order valence-electron chi connectivity index (χ0n) is 14.8. The van der Waals surface area contributed by atoms with Gasteiger partial charge in [0.1, 0.15) is 5.52 Å². The van der Waals surface area contributed by atoms with Crippen molar-refractivity contribution in [3.8, 4) is 0 Å². The van der Waals surface area contributed by atoms with Gasteiger partial charge in [-0.25, -0.2) is 9.67 Å². The summed E-state index contributed by atoms with van der Waals surface area (Å²) >= 11 is 0. The number of benzene rings is 3. The first-order valence-corrected chi connectivity index (χ1v) is 8.89. The molecule has 5 rings (SSSR count). The molecule has 0 unspecified atom stereocenters. The topological polar surface area (TPSA) is 88.5 Å². The normalized spacial score (nSPS) is 11.1. The highest BCUT2D eigenvalue weighted by Crippen LogP contribution is 2.15. The van der Waals surface area contributed by atoms with Crippen LogP contribution in [0.15, 0.2) is 72.8 Å². The lowest BCUT2D eigenvalue weighted by atomic mass is 10.1. The third kappa shape index (κ3) is 2.99. The van der Waals surface area contributed by atoms with Gasteiger partial charge in [-0.15, -0.1) is 5.10 Å². The van der Waals surface area contributed by atoms with Crippen molar-refractivity contribution in [2.45, 2.75) is 6.54 Å². The molecular weight excluding hydrogens is 352 g/mol. The van der Waals surface area contributed by atoms with Gasteiger partial charge in [0.15, 0.2) is 0 Å². The first-order chi connectivity index (χ1) is 13.8. The zero-order valence-corrected chi connectivity index (χ0v) is 14.8. The van der Waals surface area contributed by atoms with Gasteiger partial charge in [-0.1, -0.05) is 41.6 Å². The Labute approximate surface area is 160 Å². The van der Waals surface area contributed by atoms with Crippen LogP contribution in [-0.2, 0) is 6.54 Å². The number of nitrogens with one attached hydrogen (secondary N) is 2. The van der Waals surface area contributed by atoms with Gasteiger partial charge in [-0.2, -0.15) is 0 Å². The summed E-state index contributed by atoms with van der Waals surface area (Å²) in [5.74, 6) is 0.223. The Morgan fingerprint density at radius 2 is 1.68 bits per heavy atom. The quantitative estimate of drug-likeness (QED) is 0.507. The van der Waals surface area contributed by atoms with E-state index in [1.807, 2.05) is 65.3 Å². The Hall–Kier alpha value is -4.00. The average molecular weight is 368 g/mol. The number of para-hydroxylation sites is 3. The number of fused-ring (bicyclic) bond motifs is 2. The summed E-state index contributed by atoms with van der Waals surface area (Å²) in [5.41, 5.74) is 5.14. The lowest BCUT2D eigenvalue weighted by Gasteiger charge is -2.05. The van der Waals surface area contributed by atoms with Gasteiger partial charge >= 0.3 is 0 Å². The maximum absolute atomic E-state index is 12.5. The van der Waals surface area contributed by atoms with Crippen LogP contribution in [0.2, 0.25) is 0 Å². The van der Waals surface area contributed by atoms with E-state index in [1.54, 1.807) is 12.1 Å². The molecule has 0 saturated carbocycles. The number of nitrogens with zero attached hydrogens (tertiary/aromatic N) is 4. The number of hydrogen-bond donors (Lipinski definition) is 2. The van der Waals surface area contributed by atoms with Gasteiger partial charge in [-0.05, 0) is 42.0 Å². The number of rotatable bonds is 4. The van der Waals surface area contributed by atoms with Crippen molar-refractivity contribution < 1.29 is 4.79 Å². The minimum atomic E-state index is -0.211. The maximum Gasteiger partial charge on any atom is 0.257 e.